The molecule has 0 aliphatic carbocycles. The number of rotatable bonds is 3. The molecule has 0 aliphatic rings. The van der Waals surface area contributed by atoms with Gasteiger partial charge >= 0.3 is 0 Å². The Labute approximate surface area is 110 Å². The first-order chi connectivity index (χ1) is 8.16. The van der Waals surface area contributed by atoms with Gasteiger partial charge in [-0.05, 0) is 31.5 Å². The van der Waals surface area contributed by atoms with E-state index in [2.05, 4.69) is 5.32 Å². The first-order valence-corrected chi connectivity index (χ1v) is 6.14. The Hall–Kier alpha value is -1.51. The van der Waals surface area contributed by atoms with E-state index in [0.29, 0.717) is 0 Å². The molecule has 0 heterocycles. The van der Waals surface area contributed by atoms with Crippen LogP contribution in [0.15, 0.2) is 24.3 Å². The Morgan fingerprint density at radius 3 is 1.94 bits per heavy atom. The SMILES string of the molecule is COc1ccc(C(C)(C)NC(=O)C(C)(C)C)cc1. The van der Waals surface area contributed by atoms with E-state index in [1.54, 1.807) is 7.11 Å². The standard InChI is InChI=1S/C15H23NO2/c1-14(2,3)13(17)16-15(4,5)11-7-9-12(18-6)10-8-11/h7-10H,1-6H3,(H,16,17). The van der Waals surface area contributed by atoms with Gasteiger partial charge in [0.2, 0.25) is 5.91 Å². The average Bonchev–Trinajstić information content (AvgIpc) is 2.27. The molecule has 0 radical (unpaired) electrons. The van der Waals surface area contributed by atoms with E-state index in [1.807, 2.05) is 58.9 Å². The number of amides is 1. The van der Waals surface area contributed by atoms with Gasteiger partial charge in [0.15, 0.2) is 0 Å². The molecule has 1 aromatic carbocycles. The van der Waals surface area contributed by atoms with Gasteiger partial charge in [0.05, 0.1) is 12.6 Å². The molecule has 0 aliphatic heterocycles. The minimum atomic E-state index is -0.392. The number of nitrogens with one attached hydrogen (secondary N) is 1. The Morgan fingerprint density at radius 1 is 1.06 bits per heavy atom. The molecule has 3 heteroatoms. The van der Waals surface area contributed by atoms with Gasteiger partial charge in [-0.2, -0.15) is 0 Å². The van der Waals surface area contributed by atoms with Gasteiger partial charge < -0.3 is 10.1 Å². The summed E-state index contributed by atoms with van der Waals surface area (Å²) in [6.45, 7) is 9.72. The summed E-state index contributed by atoms with van der Waals surface area (Å²) in [6, 6.07) is 7.75. The van der Waals surface area contributed by atoms with Gasteiger partial charge in [0.25, 0.3) is 0 Å². The van der Waals surface area contributed by atoms with E-state index in [1.165, 1.54) is 0 Å². The summed E-state index contributed by atoms with van der Waals surface area (Å²) in [5.74, 6) is 0.861. The minimum Gasteiger partial charge on any atom is -0.497 e. The Balaban J connectivity index is 2.88. The first-order valence-electron chi connectivity index (χ1n) is 6.14. The average molecular weight is 249 g/mol. The van der Waals surface area contributed by atoms with Crippen LogP contribution in [0.5, 0.6) is 5.75 Å². The van der Waals surface area contributed by atoms with Crippen LogP contribution in [-0.4, -0.2) is 13.0 Å². The zero-order valence-electron chi connectivity index (χ0n) is 12.1. The van der Waals surface area contributed by atoms with Crippen LogP contribution in [0.3, 0.4) is 0 Å². The zero-order valence-corrected chi connectivity index (χ0v) is 12.1. The van der Waals surface area contributed by atoms with Crippen molar-refractivity contribution in [1.29, 1.82) is 0 Å². The lowest BCUT2D eigenvalue weighted by molar-refractivity contribution is -0.130. The Morgan fingerprint density at radius 2 is 1.56 bits per heavy atom. The van der Waals surface area contributed by atoms with Crippen LogP contribution in [0.4, 0.5) is 0 Å². The van der Waals surface area contributed by atoms with E-state index >= 15 is 0 Å². The largest absolute Gasteiger partial charge is 0.497 e. The topological polar surface area (TPSA) is 38.3 Å². The fourth-order valence-corrected chi connectivity index (χ4v) is 1.55. The number of hydrogen-bond donors (Lipinski definition) is 1. The van der Waals surface area contributed by atoms with Crippen molar-refractivity contribution < 1.29 is 9.53 Å². The third-order valence-corrected chi connectivity index (χ3v) is 2.92. The van der Waals surface area contributed by atoms with Crippen LogP contribution < -0.4 is 10.1 Å². The molecule has 0 unspecified atom stereocenters. The number of benzene rings is 1. The highest BCUT2D eigenvalue weighted by Crippen LogP contribution is 2.24. The summed E-state index contributed by atoms with van der Waals surface area (Å²) in [6.07, 6.45) is 0. The van der Waals surface area contributed by atoms with Gasteiger partial charge in [-0.25, -0.2) is 0 Å². The monoisotopic (exact) mass is 249 g/mol. The number of methoxy groups -OCH3 is 1. The number of carbonyl (C=O) groups excluding carboxylic acids is 1. The summed E-state index contributed by atoms with van der Waals surface area (Å²) >= 11 is 0. The summed E-state index contributed by atoms with van der Waals surface area (Å²) in [5.41, 5.74) is 0.279. The lowest BCUT2D eigenvalue weighted by atomic mass is 9.90. The molecule has 0 spiro atoms. The van der Waals surface area contributed by atoms with E-state index in [-0.39, 0.29) is 11.3 Å². The molecular weight excluding hydrogens is 226 g/mol. The second-order valence-electron chi connectivity index (χ2n) is 6.06. The molecule has 1 N–H and O–H groups in total. The maximum atomic E-state index is 12.0. The predicted molar refractivity (Wildman–Crippen MR) is 73.6 cm³/mol. The maximum absolute atomic E-state index is 12.0. The molecule has 1 rings (SSSR count). The molecule has 1 aromatic rings. The van der Waals surface area contributed by atoms with Gasteiger partial charge in [0.1, 0.15) is 5.75 Å². The summed E-state index contributed by atoms with van der Waals surface area (Å²) in [7, 11) is 1.64. The molecule has 18 heavy (non-hydrogen) atoms. The highest BCUT2D eigenvalue weighted by atomic mass is 16.5. The second kappa shape index (κ2) is 5.01. The van der Waals surface area contributed by atoms with Crippen molar-refractivity contribution in [2.24, 2.45) is 5.41 Å². The van der Waals surface area contributed by atoms with Crippen molar-refractivity contribution in [3.8, 4) is 5.75 Å². The summed E-state index contributed by atoms with van der Waals surface area (Å²) < 4.78 is 5.13. The van der Waals surface area contributed by atoms with E-state index in [4.69, 9.17) is 4.74 Å². The highest BCUT2D eigenvalue weighted by molar-refractivity contribution is 5.82. The quantitative estimate of drug-likeness (QED) is 0.894. The molecule has 1 amide bonds. The van der Waals surface area contributed by atoms with Crippen molar-refractivity contribution in [1.82, 2.24) is 5.32 Å². The molecule has 0 atom stereocenters. The highest BCUT2D eigenvalue weighted by Gasteiger charge is 2.29. The Bertz CT molecular complexity index is 413. The van der Waals surface area contributed by atoms with E-state index in [9.17, 15) is 4.79 Å². The molecular formula is C15H23NO2. The van der Waals surface area contributed by atoms with Crippen molar-refractivity contribution in [2.45, 2.75) is 40.2 Å². The van der Waals surface area contributed by atoms with Crippen LogP contribution in [0.2, 0.25) is 0 Å². The number of carbonyl (C=O) groups is 1. The molecule has 3 nitrogen and oxygen atoms in total. The maximum Gasteiger partial charge on any atom is 0.226 e. The van der Waals surface area contributed by atoms with Crippen LogP contribution in [-0.2, 0) is 10.3 Å². The zero-order chi connectivity index (χ0) is 14.0. The number of hydrogen-bond acceptors (Lipinski definition) is 2. The molecule has 0 bridgehead atoms. The molecule has 0 saturated carbocycles. The molecule has 0 aromatic heterocycles. The van der Waals surface area contributed by atoms with Crippen molar-refractivity contribution in [3.05, 3.63) is 29.8 Å². The minimum absolute atomic E-state index is 0.0447. The van der Waals surface area contributed by atoms with E-state index < -0.39 is 5.54 Å². The van der Waals surface area contributed by atoms with Crippen molar-refractivity contribution >= 4 is 5.91 Å². The fraction of sp³-hybridized carbons (Fsp3) is 0.533. The van der Waals surface area contributed by atoms with Crippen LogP contribution in [0.1, 0.15) is 40.2 Å². The third-order valence-electron chi connectivity index (χ3n) is 2.92. The molecule has 0 saturated heterocycles. The lowest BCUT2D eigenvalue weighted by Gasteiger charge is -2.31. The van der Waals surface area contributed by atoms with Gasteiger partial charge in [-0.1, -0.05) is 32.9 Å². The molecule has 100 valence electrons. The predicted octanol–water partition coefficient (Wildman–Crippen LogP) is 3.09. The first kappa shape index (κ1) is 14.6. The smallest absolute Gasteiger partial charge is 0.226 e. The third kappa shape index (κ3) is 3.49. The lowest BCUT2D eigenvalue weighted by Crippen LogP contribution is -2.46. The van der Waals surface area contributed by atoms with Gasteiger partial charge in [-0.3, -0.25) is 4.79 Å². The molecule has 0 fully saturated rings. The van der Waals surface area contributed by atoms with Gasteiger partial charge in [0, 0.05) is 5.41 Å². The Kier molecular flexibility index (Phi) is 4.05. The van der Waals surface area contributed by atoms with E-state index in [0.717, 1.165) is 11.3 Å². The summed E-state index contributed by atoms with van der Waals surface area (Å²) in [4.78, 5) is 12.0. The van der Waals surface area contributed by atoms with Crippen molar-refractivity contribution in [3.63, 3.8) is 0 Å². The summed E-state index contributed by atoms with van der Waals surface area (Å²) in [5, 5.41) is 3.07. The van der Waals surface area contributed by atoms with Gasteiger partial charge in [-0.15, -0.1) is 0 Å². The second-order valence-corrected chi connectivity index (χ2v) is 6.06. The van der Waals surface area contributed by atoms with Crippen LogP contribution in [0, 0.1) is 5.41 Å². The number of ether oxygens (including phenoxy) is 1. The fourth-order valence-electron chi connectivity index (χ4n) is 1.55. The normalized spacial score (nSPS) is 12.1. The van der Waals surface area contributed by atoms with Crippen LogP contribution >= 0.6 is 0 Å². The van der Waals surface area contributed by atoms with Crippen LogP contribution in [0.25, 0.3) is 0 Å². The van der Waals surface area contributed by atoms with Crippen molar-refractivity contribution in [2.75, 3.05) is 7.11 Å².